The summed E-state index contributed by atoms with van der Waals surface area (Å²) in [6.45, 7) is 14.5. The molecule has 6 atom stereocenters. The van der Waals surface area contributed by atoms with Crippen molar-refractivity contribution in [2.24, 2.45) is 28.6 Å². The van der Waals surface area contributed by atoms with Crippen LogP contribution >= 0.6 is 0 Å². The Morgan fingerprint density at radius 3 is 2.42 bits per heavy atom. The zero-order valence-corrected chi connectivity index (χ0v) is 23.5. The number of hydrogen-bond acceptors (Lipinski definition) is 4. The van der Waals surface area contributed by atoms with Gasteiger partial charge in [-0.25, -0.2) is 4.79 Å². The lowest BCUT2D eigenvalue weighted by atomic mass is 9.48. The van der Waals surface area contributed by atoms with Crippen LogP contribution in [-0.2, 0) is 14.3 Å². The quantitative estimate of drug-likeness (QED) is 0.161. The van der Waals surface area contributed by atoms with Crippen LogP contribution in [0.2, 0.25) is 0 Å². The summed E-state index contributed by atoms with van der Waals surface area (Å²) in [6, 6.07) is 0. The summed E-state index contributed by atoms with van der Waals surface area (Å²) in [7, 11) is 0. The molecule has 4 aliphatic rings. The molecule has 4 aliphatic carbocycles. The van der Waals surface area contributed by atoms with Crippen LogP contribution in [0.5, 0.6) is 0 Å². The van der Waals surface area contributed by atoms with E-state index in [2.05, 4.69) is 40.7 Å². The van der Waals surface area contributed by atoms with Crippen LogP contribution in [0.25, 0.3) is 0 Å². The first kappa shape index (κ1) is 27.0. The molecule has 0 aliphatic heterocycles. The number of rotatable bonds is 6. The average Bonchev–Trinajstić information content (AvgIpc) is 3.12. The predicted octanol–water partition coefficient (Wildman–Crippen LogP) is 2.88. The summed E-state index contributed by atoms with van der Waals surface area (Å²) >= 11 is 0. The van der Waals surface area contributed by atoms with E-state index in [4.69, 9.17) is 9.47 Å². The summed E-state index contributed by atoms with van der Waals surface area (Å²) in [5.41, 5.74) is 1.65. The molecule has 0 aromatic carbocycles. The number of quaternary nitrogens is 1. The van der Waals surface area contributed by atoms with E-state index in [0.717, 1.165) is 62.6 Å². The monoisotopic (exact) mass is 573 g/mol. The second-order valence-corrected chi connectivity index (χ2v) is 11.5. The van der Waals surface area contributed by atoms with Gasteiger partial charge in [0.05, 0.1) is 19.6 Å². The lowest BCUT2D eigenvalue weighted by molar-refractivity contribution is -0.939. The third-order valence-corrected chi connectivity index (χ3v) is 10.6. The Morgan fingerprint density at radius 1 is 1.06 bits per heavy atom. The van der Waals surface area contributed by atoms with Gasteiger partial charge in [-0.2, -0.15) is 0 Å². The largest absolute Gasteiger partial charge is 1.00 e. The van der Waals surface area contributed by atoms with Crippen molar-refractivity contribution in [3.05, 3.63) is 11.6 Å². The second kappa shape index (κ2) is 10.2. The SMILES string of the molecule is CC[N+](CC)(CC)COC(=O)O[C@H]1CC[C@H]2[C@@H]3CC=C4CC(=O)CC[C@]4(C)[C@H]3CC[C@]12C.[I-]. The first-order chi connectivity index (χ1) is 15.2. The van der Waals surface area contributed by atoms with Crippen LogP contribution < -0.4 is 24.0 Å². The van der Waals surface area contributed by atoms with Gasteiger partial charge in [0.25, 0.3) is 0 Å². The Morgan fingerprint density at radius 2 is 1.76 bits per heavy atom. The molecule has 0 saturated heterocycles. The standard InChI is InChI=1S/C27H44NO4.HI/c1-6-28(7-2,8-3)18-31-25(30)32-24-12-11-22-21-10-9-19-17-20(29)13-15-26(19,4)23(21)14-16-27(22,24)5;/h9,21-24H,6-8,10-18H2,1-5H3;1H/q+1;/p-1/t21-,22-,23-,24-,26-,27-;/m0./s1. The first-order valence-corrected chi connectivity index (χ1v) is 13.1. The van der Waals surface area contributed by atoms with Gasteiger partial charge in [0.2, 0.25) is 6.73 Å². The van der Waals surface area contributed by atoms with Crippen LogP contribution in [0.1, 0.15) is 86.0 Å². The van der Waals surface area contributed by atoms with Crippen molar-refractivity contribution < 1.29 is 47.5 Å². The van der Waals surface area contributed by atoms with E-state index in [-0.39, 0.29) is 40.9 Å². The van der Waals surface area contributed by atoms with E-state index in [0.29, 0.717) is 36.7 Å². The van der Waals surface area contributed by atoms with Crippen molar-refractivity contribution in [3.8, 4) is 0 Å². The van der Waals surface area contributed by atoms with Crippen molar-refractivity contribution in [3.63, 3.8) is 0 Å². The highest BCUT2D eigenvalue weighted by atomic mass is 127. The molecule has 0 unspecified atom stereocenters. The Hall–Kier alpha value is -0.630. The molecule has 3 fully saturated rings. The number of ether oxygens (including phenoxy) is 2. The fraction of sp³-hybridized carbons (Fsp3) is 0.852. The highest BCUT2D eigenvalue weighted by molar-refractivity contribution is 5.82. The molecule has 4 rings (SSSR count). The Labute approximate surface area is 217 Å². The molecule has 0 radical (unpaired) electrons. The van der Waals surface area contributed by atoms with Gasteiger partial charge in [-0.05, 0) is 82.5 Å². The molecular formula is C27H44INO4. The van der Waals surface area contributed by atoms with Gasteiger partial charge < -0.3 is 33.5 Å². The maximum atomic E-state index is 12.7. The molecule has 3 saturated carbocycles. The minimum absolute atomic E-state index is 0. The normalized spacial score (nSPS) is 37.7. The fourth-order valence-electron chi connectivity index (χ4n) is 7.91. The summed E-state index contributed by atoms with van der Waals surface area (Å²) in [5.74, 6) is 2.31. The number of halogens is 1. The number of Topliss-reactive ketones (excluding diaryl/α,β-unsaturated/α-hetero) is 1. The Balaban J connectivity index is 0.00000306. The van der Waals surface area contributed by atoms with Gasteiger partial charge in [-0.1, -0.05) is 25.5 Å². The number of nitrogens with zero attached hydrogens (tertiary/aromatic N) is 1. The average molecular weight is 574 g/mol. The zero-order valence-electron chi connectivity index (χ0n) is 21.3. The summed E-state index contributed by atoms with van der Waals surface area (Å²) in [4.78, 5) is 24.7. The van der Waals surface area contributed by atoms with Crippen molar-refractivity contribution >= 4 is 11.9 Å². The van der Waals surface area contributed by atoms with Gasteiger partial charge in [-0.3, -0.25) is 9.28 Å². The number of hydrogen-bond donors (Lipinski definition) is 0. The van der Waals surface area contributed by atoms with E-state index >= 15 is 0 Å². The van der Waals surface area contributed by atoms with Gasteiger partial charge in [0, 0.05) is 18.3 Å². The summed E-state index contributed by atoms with van der Waals surface area (Å²) in [6.07, 6.45) is 9.75. The van der Waals surface area contributed by atoms with E-state index in [1.165, 1.54) is 12.0 Å². The van der Waals surface area contributed by atoms with E-state index in [9.17, 15) is 9.59 Å². The van der Waals surface area contributed by atoms with Gasteiger partial charge in [0.1, 0.15) is 11.9 Å². The highest BCUT2D eigenvalue weighted by Crippen LogP contribution is 2.65. The highest BCUT2D eigenvalue weighted by Gasteiger charge is 2.59. The van der Waals surface area contributed by atoms with Crippen molar-refractivity contribution in [2.45, 2.75) is 92.1 Å². The van der Waals surface area contributed by atoms with E-state index < -0.39 is 6.16 Å². The smallest absolute Gasteiger partial charge is 0.512 e. The fourth-order valence-corrected chi connectivity index (χ4v) is 7.91. The van der Waals surface area contributed by atoms with Crippen molar-refractivity contribution in [1.29, 1.82) is 0 Å². The molecular weight excluding hydrogens is 529 g/mol. The minimum Gasteiger partial charge on any atom is -1.00 e. The number of carbonyl (C=O) groups excluding carboxylic acids is 2. The van der Waals surface area contributed by atoms with Crippen molar-refractivity contribution in [2.75, 3.05) is 26.4 Å². The first-order valence-electron chi connectivity index (χ1n) is 13.1. The van der Waals surface area contributed by atoms with Crippen LogP contribution in [-0.4, -0.2) is 48.9 Å². The number of carbonyl (C=O) groups is 2. The summed E-state index contributed by atoms with van der Waals surface area (Å²) < 4.78 is 12.4. The topological polar surface area (TPSA) is 52.6 Å². The molecule has 0 N–H and O–H groups in total. The zero-order chi connectivity index (χ0) is 23.1. The van der Waals surface area contributed by atoms with Gasteiger partial charge >= 0.3 is 6.16 Å². The molecule has 33 heavy (non-hydrogen) atoms. The molecule has 0 bridgehead atoms. The van der Waals surface area contributed by atoms with Crippen LogP contribution in [0, 0.1) is 28.6 Å². The number of allylic oxidation sites excluding steroid dienone is 2. The lowest BCUT2D eigenvalue weighted by Crippen LogP contribution is -3.00. The number of fused-ring (bicyclic) bond motifs is 5. The summed E-state index contributed by atoms with van der Waals surface area (Å²) in [5, 5.41) is 0. The molecule has 188 valence electrons. The molecule has 5 nitrogen and oxygen atoms in total. The molecule has 6 heteroatoms. The molecule has 0 spiro atoms. The van der Waals surface area contributed by atoms with Crippen LogP contribution in [0.4, 0.5) is 4.79 Å². The molecule has 0 heterocycles. The molecule has 0 aromatic heterocycles. The number of ketones is 1. The Bertz CT molecular complexity index is 770. The van der Waals surface area contributed by atoms with Crippen LogP contribution in [0.3, 0.4) is 0 Å². The third-order valence-electron chi connectivity index (χ3n) is 10.6. The molecule has 0 aromatic rings. The van der Waals surface area contributed by atoms with E-state index in [1.54, 1.807) is 0 Å². The minimum atomic E-state index is -0.486. The third kappa shape index (κ3) is 4.64. The van der Waals surface area contributed by atoms with E-state index in [1.807, 2.05) is 0 Å². The predicted molar refractivity (Wildman–Crippen MR) is 125 cm³/mol. The van der Waals surface area contributed by atoms with Crippen molar-refractivity contribution in [1.82, 2.24) is 0 Å². The maximum Gasteiger partial charge on any atom is 0.512 e. The van der Waals surface area contributed by atoms with Gasteiger partial charge in [-0.15, -0.1) is 0 Å². The maximum absolute atomic E-state index is 12.7. The lowest BCUT2D eigenvalue weighted by Gasteiger charge is -2.57. The van der Waals surface area contributed by atoms with Crippen LogP contribution in [0.15, 0.2) is 11.6 Å². The van der Waals surface area contributed by atoms with Gasteiger partial charge in [0.15, 0.2) is 0 Å². The molecule has 0 amide bonds. The Kier molecular flexibility index (Phi) is 8.30. The second-order valence-electron chi connectivity index (χ2n) is 11.5.